The van der Waals surface area contributed by atoms with Gasteiger partial charge in [0.1, 0.15) is 18.3 Å². The van der Waals surface area contributed by atoms with Gasteiger partial charge in [0.15, 0.2) is 0 Å². The molecule has 0 saturated carbocycles. The molecule has 3 N–H and O–H groups in total. The van der Waals surface area contributed by atoms with Crippen LogP contribution in [0.4, 0.5) is 0 Å². The molecule has 19 heavy (non-hydrogen) atoms. The van der Waals surface area contributed by atoms with E-state index in [1.54, 1.807) is 0 Å². The van der Waals surface area contributed by atoms with E-state index in [0.717, 1.165) is 13.1 Å². The maximum Gasteiger partial charge on any atom is 0.111 e. The van der Waals surface area contributed by atoms with Gasteiger partial charge in [-0.15, -0.1) is 0 Å². The van der Waals surface area contributed by atoms with E-state index in [0.29, 0.717) is 19.8 Å². The molecule has 0 aromatic carbocycles. The first-order valence-electron chi connectivity index (χ1n) is 7.00. The normalized spacial score (nSPS) is 41.7. The first kappa shape index (κ1) is 15.2. The molecule has 6 nitrogen and oxygen atoms in total. The van der Waals surface area contributed by atoms with Crippen molar-refractivity contribution in [2.24, 2.45) is 5.92 Å². The Balaban J connectivity index is 1.98. The van der Waals surface area contributed by atoms with Crippen molar-refractivity contribution in [1.29, 1.82) is 0 Å². The second-order valence-electron chi connectivity index (χ2n) is 5.77. The third-order valence-corrected chi connectivity index (χ3v) is 3.95. The third kappa shape index (κ3) is 3.45. The van der Waals surface area contributed by atoms with Crippen LogP contribution in [0, 0.1) is 5.92 Å². The molecule has 2 aliphatic rings. The van der Waals surface area contributed by atoms with Gasteiger partial charge in [0.2, 0.25) is 0 Å². The summed E-state index contributed by atoms with van der Waals surface area (Å²) in [5.41, 5.74) is 0. The number of rotatable bonds is 3. The van der Waals surface area contributed by atoms with Crippen LogP contribution in [0.5, 0.6) is 0 Å². The van der Waals surface area contributed by atoms with E-state index in [2.05, 4.69) is 4.90 Å². The first-order chi connectivity index (χ1) is 9.00. The second kappa shape index (κ2) is 6.47. The van der Waals surface area contributed by atoms with Gasteiger partial charge in [0.25, 0.3) is 0 Å². The molecule has 2 saturated heterocycles. The molecule has 112 valence electrons. The average Bonchev–Trinajstić information content (AvgIpc) is 2.40. The summed E-state index contributed by atoms with van der Waals surface area (Å²) in [6.45, 7) is 7.39. The summed E-state index contributed by atoms with van der Waals surface area (Å²) in [6.07, 6.45) is -4.13. The van der Waals surface area contributed by atoms with Gasteiger partial charge in [-0.25, -0.2) is 0 Å². The molecule has 2 rings (SSSR count). The minimum absolute atomic E-state index is 0.0874. The summed E-state index contributed by atoms with van der Waals surface area (Å²) in [7, 11) is 0. The molecule has 0 spiro atoms. The highest BCUT2D eigenvalue weighted by Gasteiger charge is 2.44. The fourth-order valence-electron chi connectivity index (χ4n) is 2.72. The quantitative estimate of drug-likeness (QED) is 0.602. The summed E-state index contributed by atoms with van der Waals surface area (Å²) in [6, 6.07) is 0. The van der Waals surface area contributed by atoms with E-state index in [1.165, 1.54) is 0 Å². The van der Waals surface area contributed by atoms with Crippen LogP contribution in [-0.2, 0) is 9.47 Å². The molecule has 2 fully saturated rings. The van der Waals surface area contributed by atoms with Crippen molar-refractivity contribution in [2.75, 3.05) is 32.8 Å². The maximum atomic E-state index is 10.0. The second-order valence-corrected chi connectivity index (χ2v) is 5.77. The van der Waals surface area contributed by atoms with Gasteiger partial charge in [-0.3, -0.25) is 4.90 Å². The zero-order valence-electron chi connectivity index (χ0n) is 11.6. The average molecular weight is 275 g/mol. The summed E-state index contributed by atoms with van der Waals surface area (Å²) in [4.78, 5) is 2.15. The zero-order chi connectivity index (χ0) is 14.0. The van der Waals surface area contributed by atoms with Crippen LogP contribution >= 0.6 is 0 Å². The van der Waals surface area contributed by atoms with Crippen LogP contribution < -0.4 is 0 Å². The van der Waals surface area contributed by atoms with Crippen molar-refractivity contribution >= 4 is 0 Å². The van der Waals surface area contributed by atoms with E-state index in [1.807, 2.05) is 13.8 Å². The Morgan fingerprint density at radius 2 is 1.68 bits per heavy atom. The predicted octanol–water partition coefficient (Wildman–Crippen LogP) is -1.18. The Bertz CT molecular complexity index is 282. The Kier molecular flexibility index (Phi) is 5.16. The topological polar surface area (TPSA) is 82.4 Å². The van der Waals surface area contributed by atoms with E-state index in [4.69, 9.17) is 9.47 Å². The molecular weight excluding hydrogens is 250 g/mol. The van der Waals surface area contributed by atoms with Crippen LogP contribution in [-0.4, -0.2) is 83.6 Å². The number of ether oxygens (including phenoxy) is 2. The largest absolute Gasteiger partial charge is 0.388 e. The molecular formula is C13H25NO5. The Labute approximate surface area is 113 Å². The van der Waals surface area contributed by atoms with Crippen LogP contribution in [0.25, 0.3) is 0 Å². The Morgan fingerprint density at radius 3 is 2.26 bits per heavy atom. The smallest absolute Gasteiger partial charge is 0.111 e. The lowest BCUT2D eigenvalue weighted by atomic mass is 9.89. The monoisotopic (exact) mass is 275 g/mol. The fraction of sp³-hybridized carbons (Fsp3) is 1.00. The highest BCUT2D eigenvalue weighted by molar-refractivity contribution is 4.94. The minimum atomic E-state index is -1.15. The third-order valence-electron chi connectivity index (χ3n) is 3.95. The molecule has 0 radical (unpaired) electrons. The highest BCUT2D eigenvalue weighted by atomic mass is 16.5. The lowest BCUT2D eigenvalue weighted by Crippen LogP contribution is -2.61. The van der Waals surface area contributed by atoms with E-state index < -0.39 is 30.5 Å². The van der Waals surface area contributed by atoms with Crippen molar-refractivity contribution in [1.82, 2.24) is 4.90 Å². The predicted molar refractivity (Wildman–Crippen MR) is 68.8 cm³/mol. The summed E-state index contributed by atoms with van der Waals surface area (Å²) < 4.78 is 11.1. The van der Waals surface area contributed by atoms with Crippen molar-refractivity contribution in [2.45, 2.75) is 44.4 Å². The minimum Gasteiger partial charge on any atom is -0.388 e. The zero-order valence-corrected chi connectivity index (χ0v) is 11.6. The van der Waals surface area contributed by atoms with E-state index >= 15 is 0 Å². The van der Waals surface area contributed by atoms with Crippen LogP contribution in [0.2, 0.25) is 0 Å². The summed E-state index contributed by atoms with van der Waals surface area (Å²) >= 11 is 0. The van der Waals surface area contributed by atoms with Crippen LogP contribution in [0.15, 0.2) is 0 Å². The number of hydrogen-bond donors (Lipinski definition) is 3. The van der Waals surface area contributed by atoms with E-state index in [-0.39, 0.29) is 5.92 Å². The molecule has 0 bridgehead atoms. The van der Waals surface area contributed by atoms with Crippen molar-refractivity contribution in [3.05, 3.63) is 0 Å². The SMILES string of the molecule is CC(C)C1O[C@H](CN2CCOCC2)[C@@H](O)[C@H](O)[C@H]1O. The fourth-order valence-corrected chi connectivity index (χ4v) is 2.72. The van der Waals surface area contributed by atoms with E-state index in [9.17, 15) is 15.3 Å². The molecule has 2 heterocycles. The molecule has 1 unspecified atom stereocenters. The van der Waals surface area contributed by atoms with Gasteiger partial charge in [0.05, 0.1) is 25.4 Å². The van der Waals surface area contributed by atoms with Crippen molar-refractivity contribution < 1.29 is 24.8 Å². The molecule has 2 aliphatic heterocycles. The highest BCUT2D eigenvalue weighted by Crippen LogP contribution is 2.26. The number of morpholine rings is 1. The lowest BCUT2D eigenvalue weighted by Gasteiger charge is -2.44. The summed E-state index contributed by atoms with van der Waals surface area (Å²) in [5.74, 6) is 0.0874. The van der Waals surface area contributed by atoms with Crippen LogP contribution in [0.1, 0.15) is 13.8 Å². The lowest BCUT2D eigenvalue weighted by molar-refractivity contribution is -0.235. The van der Waals surface area contributed by atoms with Crippen molar-refractivity contribution in [3.63, 3.8) is 0 Å². The van der Waals surface area contributed by atoms with Gasteiger partial charge in [0, 0.05) is 19.6 Å². The maximum absolute atomic E-state index is 10.0. The molecule has 0 amide bonds. The van der Waals surface area contributed by atoms with Gasteiger partial charge in [-0.05, 0) is 5.92 Å². The molecule has 6 heteroatoms. The van der Waals surface area contributed by atoms with Gasteiger partial charge in [-0.1, -0.05) is 13.8 Å². The molecule has 0 aromatic heterocycles. The Morgan fingerprint density at radius 1 is 1.05 bits per heavy atom. The van der Waals surface area contributed by atoms with Gasteiger partial charge < -0.3 is 24.8 Å². The standard InChI is InChI=1S/C13H25NO5/c1-8(2)13-12(17)11(16)10(15)9(19-13)7-14-3-5-18-6-4-14/h8-13,15-17H,3-7H2,1-2H3/t9-,10-,11+,12-,13?/m1/s1. The first-order valence-corrected chi connectivity index (χ1v) is 7.00. The molecule has 5 atom stereocenters. The van der Waals surface area contributed by atoms with Gasteiger partial charge in [-0.2, -0.15) is 0 Å². The van der Waals surface area contributed by atoms with Crippen LogP contribution in [0.3, 0.4) is 0 Å². The number of hydrogen-bond acceptors (Lipinski definition) is 6. The molecule has 0 aromatic rings. The summed E-state index contributed by atoms with van der Waals surface area (Å²) in [5, 5.41) is 29.9. The molecule has 0 aliphatic carbocycles. The Hall–Kier alpha value is -0.240. The van der Waals surface area contributed by atoms with Crippen molar-refractivity contribution in [3.8, 4) is 0 Å². The van der Waals surface area contributed by atoms with Gasteiger partial charge >= 0.3 is 0 Å². The number of aliphatic hydroxyl groups excluding tert-OH is 3. The number of aliphatic hydroxyl groups is 3. The number of nitrogens with zero attached hydrogens (tertiary/aromatic N) is 1.